The summed E-state index contributed by atoms with van der Waals surface area (Å²) in [5.41, 5.74) is 0. The van der Waals surface area contributed by atoms with E-state index in [1.807, 2.05) is 6.92 Å². The van der Waals surface area contributed by atoms with Crippen LogP contribution in [0.3, 0.4) is 0 Å². The molecule has 1 aromatic heterocycles. The largest absolute Gasteiger partial charge is 0.343 e. The molecule has 78 valence electrons. The Hall–Kier alpha value is -0.350. The molecule has 0 amide bonds. The molecule has 0 bridgehead atoms. The molecular formula is C9H14ClN3S. The molecule has 1 fully saturated rings. The number of rotatable bonds is 2. The van der Waals surface area contributed by atoms with E-state index in [0.29, 0.717) is 11.9 Å². The average molecular weight is 232 g/mol. The first-order chi connectivity index (χ1) is 6.81. The Morgan fingerprint density at radius 3 is 3.07 bits per heavy atom. The van der Waals surface area contributed by atoms with Gasteiger partial charge in [-0.25, -0.2) is 4.98 Å². The SMILES string of the molecule is Cc1nsc(N2CCCCC2CCl)n1. The van der Waals surface area contributed by atoms with Crippen LogP contribution in [-0.4, -0.2) is 27.8 Å². The van der Waals surface area contributed by atoms with Gasteiger partial charge in [-0.15, -0.1) is 11.6 Å². The van der Waals surface area contributed by atoms with Crippen molar-refractivity contribution in [1.29, 1.82) is 0 Å². The molecule has 0 aliphatic carbocycles. The summed E-state index contributed by atoms with van der Waals surface area (Å²) in [6, 6.07) is 0.456. The summed E-state index contributed by atoms with van der Waals surface area (Å²) in [6.45, 7) is 3.01. The lowest BCUT2D eigenvalue weighted by atomic mass is 10.0. The van der Waals surface area contributed by atoms with Gasteiger partial charge in [-0.05, 0) is 26.2 Å². The van der Waals surface area contributed by atoms with E-state index in [2.05, 4.69) is 14.3 Å². The first-order valence-electron chi connectivity index (χ1n) is 4.94. The fraction of sp³-hybridized carbons (Fsp3) is 0.778. The van der Waals surface area contributed by atoms with Crippen LogP contribution in [0.1, 0.15) is 25.1 Å². The number of hydrogen-bond donors (Lipinski definition) is 0. The van der Waals surface area contributed by atoms with Gasteiger partial charge >= 0.3 is 0 Å². The fourth-order valence-corrected chi connectivity index (χ4v) is 2.91. The Kier molecular flexibility index (Phi) is 3.23. The maximum Gasteiger partial charge on any atom is 0.205 e. The van der Waals surface area contributed by atoms with Crippen molar-refractivity contribution in [2.75, 3.05) is 17.3 Å². The third-order valence-corrected chi connectivity index (χ3v) is 3.77. The lowest BCUT2D eigenvalue weighted by Gasteiger charge is -2.33. The maximum atomic E-state index is 5.95. The van der Waals surface area contributed by atoms with Gasteiger partial charge in [0, 0.05) is 30.0 Å². The van der Waals surface area contributed by atoms with Crippen LogP contribution in [0.2, 0.25) is 0 Å². The molecule has 0 saturated carbocycles. The van der Waals surface area contributed by atoms with E-state index < -0.39 is 0 Å². The standard InChI is InChI=1S/C9H14ClN3S/c1-7-11-9(14-12-7)13-5-3-2-4-8(13)6-10/h8H,2-6H2,1H3. The molecule has 1 atom stereocenters. The van der Waals surface area contributed by atoms with E-state index in [-0.39, 0.29) is 0 Å². The van der Waals surface area contributed by atoms with Gasteiger partial charge in [-0.1, -0.05) is 0 Å². The second kappa shape index (κ2) is 4.45. The van der Waals surface area contributed by atoms with Gasteiger partial charge in [0.2, 0.25) is 5.13 Å². The van der Waals surface area contributed by atoms with Crippen molar-refractivity contribution in [2.45, 2.75) is 32.2 Å². The molecule has 1 unspecified atom stereocenters. The zero-order chi connectivity index (χ0) is 9.97. The number of piperidine rings is 1. The van der Waals surface area contributed by atoms with Crippen molar-refractivity contribution in [3.8, 4) is 0 Å². The van der Waals surface area contributed by atoms with Gasteiger partial charge in [0.05, 0.1) is 0 Å². The summed E-state index contributed by atoms with van der Waals surface area (Å²) in [4.78, 5) is 6.71. The summed E-state index contributed by atoms with van der Waals surface area (Å²) in [5, 5.41) is 1.04. The monoisotopic (exact) mass is 231 g/mol. The van der Waals surface area contributed by atoms with Crippen LogP contribution in [0.4, 0.5) is 5.13 Å². The predicted octanol–water partition coefficient (Wildman–Crippen LogP) is 2.44. The zero-order valence-electron chi connectivity index (χ0n) is 8.24. The van der Waals surface area contributed by atoms with E-state index in [1.165, 1.54) is 30.8 Å². The van der Waals surface area contributed by atoms with Crippen molar-refractivity contribution in [3.05, 3.63) is 5.82 Å². The van der Waals surface area contributed by atoms with Gasteiger partial charge in [0.15, 0.2) is 0 Å². The van der Waals surface area contributed by atoms with E-state index >= 15 is 0 Å². The van der Waals surface area contributed by atoms with Gasteiger partial charge in [0.25, 0.3) is 0 Å². The van der Waals surface area contributed by atoms with Crippen LogP contribution in [0.15, 0.2) is 0 Å². The van der Waals surface area contributed by atoms with Crippen LogP contribution in [0.25, 0.3) is 0 Å². The van der Waals surface area contributed by atoms with Crippen molar-refractivity contribution < 1.29 is 0 Å². The molecule has 0 spiro atoms. The molecule has 5 heteroatoms. The average Bonchev–Trinajstić information content (AvgIpc) is 2.65. The van der Waals surface area contributed by atoms with Crippen molar-refractivity contribution in [1.82, 2.24) is 9.36 Å². The smallest absolute Gasteiger partial charge is 0.205 e. The molecule has 2 rings (SSSR count). The number of hydrogen-bond acceptors (Lipinski definition) is 4. The fourth-order valence-electron chi connectivity index (χ4n) is 1.82. The number of nitrogens with zero attached hydrogens (tertiary/aromatic N) is 3. The van der Waals surface area contributed by atoms with Gasteiger partial charge in [0.1, 0.15) is 5.82 Å². The normalized spacial score (nSPS) is 22.7. The summed E-state index contributed by atoms with van der Waals surface area (Å²) in [5.74, 6) is 1.56. The minimum atomic E-state index is 0.456. The van der Waals surface area contributed by atoms with Gasteiger partial charge < -0.3 is 4.90 Å². The first-order valence-corrected chi connectivity index (χ1v) is 6.25. The molecule has 2 heterocycles. The Balaban J connectivity index is 2.14. The second-order valence-electron chi connectivity index (χ2n) is 3.62. The number of halogens is 1. The maximum absolute atomic E-state index is 5.95. The molecule has 0 radical (unpaired) electrons. The Morgan fingerprint density at radius 2 is 2.43 bits per heavy atom. The summed E-state index contributed by atoms with van der Waals surface area (Å²) >= 11 is 7.43. The van der Waals surface area contributed by atoms with Gasteiger partial charge in [-0.2, -0.15) is 4.37 Å². The quantitative estimate of drug-likeness (QED) is 0.733. The highest BCUT2D eigenvalue weighted by atomic mass is 35.5. The molecular weight excluding hydrogens is 218 g/mol. The van der Waals surface area contributed by atoms with Gasteiger partial charge in [-0.3, -0.25) is 0 Å². The molecule has 3 nitrogen and oxygen atoms in total. The van der Waals surface area contributed by atoms with Crippen molar-refractivity contribution in [2.24, 2.45) is 0 Å². The predicted molar refractivity (Wildman–Crippen MR) is 60.4 cm³/mol. The summed E-state index contributed by atoms with van der Waals surface area (Å²) in [6.07, 6.45) is 3.71. The zero-order valence-corrected chi connectivity index (χ0v) is 9.81. The number of alkyl halides is 1. The first kappa shape index (κ1) is 10.2. The topological polar surface area (TPSA) is 29.0 Å². The molecule has 14 heavy (non-hydrogen) atoms. The van der Waals surface area contributed by atoms with E-state index in [0.717, 1.165) is 17.5 Å². The molecule has 1 saturated heterocycles. The van der Waals surface area contributed by atoms with E-state index in [4.69, 9.17) is 11.6 Å². The van der Waals surface area contributed by atoms with E-state index in [9.17, 15) is 0 Å². The molecule has 1 aliphatic heterocycles. The molecule has 0 aromatic carbocycles. The highest BCUT2D eigenvalue weighted by molar-refractivity contribution is 7.09. The van der Waals surface area contributed by atoms with Crippen LogP contribution < -0.4 is 4.90 Å². The lowest BCUT2D eigenvalue weighted by Crippen LogP contribution is -2.40. The van der Waals surface area contributed by atoms with Crippen LogP contribution in [0, 0.1) is 6.92 Å². The highest BCUT2D eigenvalue weighted by Gasteiger charge is 2.23. The third kappa shape index (κ3) is 2.01. The summed E-state index contributed by atoms with van der Waals surface area (Å²) in [7, 11) is 0. The summed E-state index contributed by atoms with van der Waals surface area (Å²) < 4.78 is 4.21. The minimum Gasteiger partial charge on any atom is -0.343 e. The Bertz CT molecular complexity index is 302. The van der Waals surface area contributed by atoms with Crippen molar-refractivity contribution in [3.63, 3.8) is 0 Å². The Morgan fingerprint density at radius 1 is 1.57 bits per heavy atom. The number of anilines is 1. The van der Waals surface area contributed by atoms with Crippen LogP contribution in [0.5, 0.6) is 0 Å². The van der Waals surface area contributed by atoms with E-state index in [1.54, 1.807) is 0 Å². The second-order valence-corrected chi connectivity index (χ2v) is 4.66. The third-order valence-electron chi connectivity index (χ3n) is 2.57. The molecule has 1 aromatic rings. The minimum absolute atomic E-state index is 0.456. The van der Waals surface area contributed by atoms with Crippen molar-refractivity contribution >= 4 is 28.3 Å². The lowest BCUT2D eigenvalue weighted by molar-refractivity contribution is 0.487. The molecule has 1 aliphatic rings. The van der Waals surface area contributed by atoms with Crippen LogP contribution in [-0.2, 0) is 0 Å². The molecule has 0 N–H and O–H groups in total. The van der Waals surface area contributed by atoms with Crippen LogP contribution >= 0.6 is 23.1 Å². The Labute approximate surface area is 93.3 Å². The highest BCUT2D eigenvalue weighted by Crippen LogP contribution is 2.26. The number of aromatic nitrogens is 2. The number of aryl methyl sites for hydroxylation is 1.